The van der Waals surface area contributed by atoms with Gasteiger partial charge in [-0.25, -0.2) is 4.98 Å². The molecule has 2 heterocycles. The maximum atomic E-state index is 12.6. The first-order chi connectivity index (χ1) is 12.1. The van der Waals surface area contributed by atoms with Gasteiger partial charge in [-0.1, -0.05) is 49.9 Å². The van der Waals surface area contributed by atoms with E-state index in [1.165, 1.54) is 17.3 Å². The summed E-state index contributed by atoms with van der Waals surface area (Å²) in [5.74, 6) is 1.66. The number of nitrogens with one attached hydrogen (secondary N) is 1. The van der Waals surface area contributed by atoms with E-state index < -0.39 is 0 Å². The van der Waals surface area contributed by atoms with Crippen LogP contribution in [0.3, 0.4) is 0 Å². The highest BCUT2D eigenvalue weighted by Crippen LogP contribution is 2.25. The zero-order valence-electron chi connectivity index (χ0n) is 15.2. The second-order valence-corrected chi connectivity index (χ2v) is 8.09. The highest BCUT2D eigenvalue weighted by Gasteiger charge is 2.26. The normalized spacial score (nSPS) is 16.8. The number of likely N-dealkylation sites (tertiary alicyclic amines) is 1. The van der Waals surface area contributed by atoms with Crippen molar-refractivity contribution in [2.24, 2.45) is 5.92 Å². The highest BCUT2D eigenvalue weighted by molar-refractivity contribution is 8.00. The van der Waals surface area contributed by atoms with Gasteiger partial charge < -0.3 is 4.90 Å². The monoisotopic (exact) mass is 358 g/mol. The van der Waals surface area contributed by atoms with E-state index in [-0.39, 0.29) is 11.2 Å². The number of hydrogen-bond acceptors (Lipinski definition) is 4. The Morgan fingerprint density at radius 2 is 2.00 bits per heavy atom. The van der Waals surface area contributed by atoms with Crippen LogP contribution >= 0.6 is 11.8 Å². The van der Waals surface area contributed by atoms with Crippen molar-refractivity contribution in [1.29, 1.82) is 0 Å². The molecule has 1 aromatic heterocycles. The molecule has 3 rings (SSSR count). The fourth-order valence-corrected chi connectivity index (χ4v) is 3.83. The molecule has 25 heavy (non-hydrogen) atoms. The predicted octanol–water partition coefficient (Wildman–Crippen LogP) is 3.77. The number of H-pyrrole nitrogens is 1. The molecule has 134 valence electrons. The van der Waals surface area contributed by atoms with Gasteiger partial charge in [0.05, 0.1) is 5.25 Å². The molecular weight excluding hydrogens is 332 g/mol. The molecule has 1 aromatic carbocycles. The Morgan fingerprint density at radius 1 is 1.32 bits per heavy atom. The average molecular weight is 359 g/mol. The van der Waals surface area contributed by atoms with Crippen molar-refractivity contribution in [2.45, 2.75) is 50.4 Å². The topological polar surface area (TPSA) is 61.9 Å². The van der Waals surface area contributed by atoms with Crippen LogP contribution in [0.15, 0.2) is 29.4 Å². The molecule has 0 saturated carbocycles. The Balaban J connectivity index is 1.61. The number of aromatic amines is 1. The summed E-state index contributed by atoms with van der Waals surface area (Å²) in [5, 5.41) is 7.71. The number of benzene rings is 1. The van der Waals surface area contributed by atoms with Crippen LogP contribution in [0.5, 0.6) is 0 Å². The van der Waals surface area contributed by atoms with Gasteiger partial charge in [-0.3, -0.25) is 9.89 Å². The number of carbonyl (C=O) groups excluding carboxylic acids is 1. The number of hydrogen-bond donors (Lipinski definition) is 1. The number of amides is 1. The maximum Gasteiger partial charge on any atom is 0.235 e. The van der Waals surface area contributed by atoms with E-state index in [1.807, 2.05) is 11.8 Å². The van der Waals surface area contributed by atoms with Crippen molar-refractivity contribution in [1.82, 2.24) is 20.1 Å². The first-order valence-corrected chi connectivity index (χ1v) is 9.92. The van der Waals surface area contributed by atoms with Gasteiger partial charge in [-0.05, 0) is 37.7 Å². The lowest BCUT2D eigenvalue weighted by Gasteiger charge is -2.31. The van der Waals surface area contributed by atoms with E-state index in [1.54, 1.807) is 0 Å². The number of aryl methyl sites for hydroxylation is 1. The molecule has 1 saturated heterocycles. The Bertz CT molecular complexity index is 704. The van der Waals surface area contributed by atoms with Crippen molar-refractivity contribution in [3.8, 4) is 11.4 Å². The minimum atomic E-state index is -0.167. The average Bonchev–Trinajstić information content (AvgIpc) is 3.10. The molecule has 1 aliphatic rings. The third kappa shape index (κ3) is 4.42. The number of nitrogens with zero attached hydrogens (tertiary/aromatic N) is 3. The van der Waals surface area contributed by atoms with Crippen molar-refractivity contribution >= 4 is 17.7 Å². The van der Waals surface area contributed by atoms with Crippen molar-refractivity contribution in [3.63, 3.8) is 0 Å². The van der Waals surface area contributed by atoms with Crippen LogP contribution in [0, 0.1) is 5.92 Å². The SMILES string of the molecule is CCc1ccc(-c2nc(S[C@H](C)C(=O)N3CCC(C)CC3)n[nH]2)cc1. The maximum absolute atomic E-state index is 12.6. The number of thioether (sulfide) groups is 1. The molecule has 1 N–H and O–H groups in total. The molecule has 0 unspecified atom stereocenters. The summed E-state index contributed by atoms with van der Waals surface area (Å²) in [4.78, 5) is 19.1. The van der Waals surface area contributed by atoms with Crippen molar-refractivity contribution < 1.29 is 4.79 Å². The molecule has 0 aliphatic carbocycles. The highest BCUT2D eigenvalue weighted by atomic mass is 32.2. The fraction of sp³-hybridized carbons (Fsp3) is 0.526. The van der Waals surface area contributed by atoms with Gasteiger partial charge in [0.25, 0.3) is 0 Å². The Kier molecular flexibility index (Phi) is 5.78. The van der Waals surface area contributed by atoms with E-state index in [9.17, 15) is 4.79 Å². The Morgan fingerprint density at radius 3 is 2.64 bits per heavy atom. The summed E-state index contributed by atoms with van der Waals surface area (Å²) in [7, 11) is 0. The van der Waals surface area contributed by atoms with Gasteiger partial charge in [0.2, 0.25) is 11.1 Å². The largest absolute Gasteiger partial charge is 0.342 e. The van der Waals surface area contributed by atoms with Gasteiger partial charge in [0.15, 0.2) is 5.82 Å². The molecule has 2 aromatic rings. The molecule has 1 amide bonds. The lowest BCUT2D eigenvalue weighted by atomic mass is 9.99. The van der Waals surface area contributed by atoms with Gasteiger partial charge >= 0.3 is 0 Å². The minimum absolute atomic E-state index is 0.167. The minimum Gasteiger partial charge on any atom is -0.342 e. The summed E-state index contributed by atoms with van der Waals surface area (Å²) < 4.78 is 0. The molecule has 0 spiro atoms. The van der Waals surface area contributed by atoms with Crippen molar-refractivity contribution in [2.75, 3.05) is 13.1 Å². The summed E-state index contributed by atoms with van der Waals surface area (Å²) in [6.45, 7) is 8.07. The summed E-state index contributed by atoms with van der Waals surface area (Å²) in [5.41, 5.74) is 2.31. The van der Waals surface area contributed by atoms with E-state index in [4.69, 9.17) is 0 Å². The van der Waals surface area contributed by atoms with Crippen LogP contribution < -0.4 is 0 Å². The van der Waals surface area contributed by atoms with E-state index >= 15 is 0 Å². The summed E-state index contributed by atoms with van der Waals surface area (Å²) >= 11 is 1.42. The number of aromatic nitrogens is 3. The van der Waals surface area contributed by atoms with E-state index in [2.05, 4.69) is 53.3 Å². The lowest BCUT2D eigenvalue weighted by Crippen LogP contribution is -2.41. The third-order valence-corrected chi connectivity index (χ3v) is 5.77. The molecule has 0 radical (unpaired) electrons. The second kappa shape index (κ2) is 8.04. The Hall–Kier alpha value is -1.82. The second-order valence-electron chi connectivity index (χ2n) is 6.78. The van der Waals surface area contributed by atoms with Gasteiger partial charge in [-0.2, -0.15) is 0 Å². The first-order valence-electron chi connectivity index (χ1n) is 9.04. The van der Waals surface area contributed by atoms with Crippen LogP contribution in [0.25, 0.3) is 11.4 Å². The lowest BCUT2D eigenvalue weighted by molar-refractivity contribution is -0.131. The van der Waals surface area contributed by atoms with Gasteiger partial charge in [-0.15, -0.1) is 5.10 Å². The quantitative estimate of drug-likeness (QED) is 0.827. The van der Waals surface area contributed by atoms with Crippen LogP contribution in [-0.4, -0.2) is 44.3 Å². The summed E-state index contributed by atoms with van der Waals surface area (Å²) in [6, 6.07) is 8.32. The third-order valence-electron chi connectivity index (χ3n) is 4.83. The van der Waals surface area contributed by atoms with Crippen LogP contribution in [-0.2, 0) is 11.2 Å². The fourth-order valence-electron chi connectivity index (χ4n) is 3.02. The first kappa shape index (κ1) is 18.0. The molecule has 0 bridgehead atoms. The molecule has 1 fully saturated rings. The molecule has 6 heteroatoms. The summed E-state index contributed by atoms with van der Waals surface area (Å²) in [6.07, 6.45) is 3.22. The van der Waals surface area contributed by atoms with E-state index in [0.29, 0.717) is 5.16 Å². The number of piperidine rings is 1. The zero-order chi connectivity index (χ0) is 17.8. The molecule has 1 atom stereocenters. The molecule has 1 aliphatic heterocycles. The van der Waals surface area contributed by atoms with Crippen LogP contribution in [0.1, 0.15) is 39.2 Å². The van der Waals surface area contributed by atoms with E-state index in [0.717, 1.165) is 49.7 Å². The molecular formula is C19H26N4OS. The zero-order valence-corrected chi connectivity index (χ0v) is 16.0. The predicted molar refractivity (Wildman–Crippen MR) is 101 cm³/mol. The molecule has 5 nitrogen and oxygen atoms in total. The Labute approximate surface area is 153 Å². The standard InChI is InChI=1S/C19H26N4OS/c1-4-15-5-7-16(8-6-15)17-20-19(22-21-17)25-14(3)18(24)23-11-9-13(2)10-12-23/h5-8,13-14H,4,9-12H2,1-3H3,(H,20,21,22)/t14-/m1/s1. The van der Waals surface area contributed by atoms with Crippen LogP contribution in [0.4, 0.5) is 0 Å². The van der Waals surface area contributed by atoms with Crippen LogP contribution in [0.2, 0.25) is 0 Å². The smallest absolute Gasteiger partial charge is 0.235 e. The van der Waals surface area contributed by atoms with Gasteiger partial charge in [0, 0.05) is 18.7 Å². The number of rotatable bonds is 5. The van der Waals surface area contributed by atoms with Crippen molar-refractivity contribution in [3.05, 3.63) is 29.8 Å². The van der Waals surface area contributed by atoms with Gasteiger partial charge in [0.1, 0.15) is 0 Å². The number of carbonyl (C=O) groups is 1.